The predicted octanol–water partition coefficient (Wildman–Crippen LogP) is 2.47. The van der Waals surface area contributed by atoms with Gasteiger partial charge in [0.15, 0.2) is 5.78 Å². The van der Waals surface area contributed by atoms with Crippen molar-refractivity contribution >= 4 is 11.5 Å². The Morgan fingerprint density at radius 3 is 2.87 bits per heavy atom. The van der Waals surface area contributed by atoms with Crippen molar-refractivity contribution in [2.75, 3.05) is 32.1 Å². The van der Waals surface area contributed by atoms with Crippen molar-refractivity contribution in [3.05, 3.63) is 53.6 Å². The Labute approximate surface area is 135 Å². The fourth-order valence-corrected chi connectivity index (χ4v) is 2.48. The molecule has 5 nitrogen and oxygen atoms in total. The summed E-state index contributed by atoms with van der Waals surface area (Å²) in [6.07, 6.45) is 0. The first-order chi connectivity index (χ1) is 11.3. The molecule has 2 aromatic carbocycles. The molecule has 23 heavy (non-hydrogen) atoms. The van der Waals surface area contributed by atoms with Crippen LogP contribution in [0.4, 0.5) is 5.69 Å². The molecular formula is C18H20N2O3. The quantitative estimate of drug-likeness (QED) is 0.803. The molecule has 0 fully saturated rings. The fourth-order valence-electron chi connectivity index (χ4n) is 2.48. The molecule has 1 aliphatic heterocycles. The molecule has 0 saturated heterocycles. The zero-order valence-corrected chi connectivity index (χ0v) is 13.1. The van der Waals surface area contributed by atoms with E-state index >= 15 is 0 Å². The van der Waals surface area contributed by atoms with E-state index in [4.69, 9.17) is 9.47 Å². The fraction of sp³-hybridized carbons (Fsp3) is 0.278. The van der Waals surface area contributed by atoms with Gasteiger partial charge in [0, 0.05) is 18.7 Å². The molecule has 2 N–H and O–H groups in total. The number of methoxy groups -OCH3 is 1. The van der Waals surface area contributed by atoms with E-state index in [2.05, 4.69) is 10.6 Å². The van der Waals surface area contributed by atoms with Crippen molar-refractivity contribution in [2.45, 2.75) is 6.54 Å². The SMILES string of the molecule is COc1ccc(CNCC(=O)c2ccc3c(c2)NCCO3)cc1. The predicted molar refractivity (Wildman–Crippen MR) is 89.5 cm³/mol. The second-order valence-electron chi connectivity index (χ2n) is 5.36. The van der Waals surface area contributed by atoms with E-state index in [1.54, 1.807) is 7.11 Å². The summed E-state index contributed by atoms with van der Waals surface area (Å²) in [4.78, 5) is 12.3. The second-order valence-corrected chi connectivity index (χ2v) is 5.36. The summed E-state index contributed by atoms with van der Waals surface area (Å²) in [7, 11) is 1.64. The third-order valence-electron chi connectivity index (χ3n) is 3.75. The minimum atomic E-state index is 0.0636. The van der Waals surface area contributed by atoms with Crippen LogP contribution in [0.3, 0.4) is 0 Å². The highest BCUT2D eigenvalue weighted by Gasteiger charge is 2.13. The number of rotatable bonds is 6. The maximum absolute atomic E-state index is 12.3. The zero-order chi connectivity index (χ0) is 16.1. The van der Waals surface area contributed by atoms with E-state index in [-0.39, 0.29) is 5.78 Å². The average molecular weight is 312 g/mol. The lowest BCUT2D eigenvalue weighted by molar-refractivity contribution is 0.0991. The van der Waals surface area contributed by atoms with E-state index in [0.717, 1.165) is 29.3 Å². The van der Waals surface area contributed by atoms with Crippen molar-refractivity contribution in [1.82, 2.24) is 5.32 Å². The maximum Gasteiger partial charge on any atom is 0.176 e. The molecule has 2 aromatic rings. The van der Waals surface area contributed by atoms with Crippen LogP contribution in [0.1, 0.15) is 15.9 Å². The van der Waals surface area contributed by atoms with Gasteiger partial charge < -0.3 is 20.1 Å². The molecule has 120 valence electrons. The number of hydrogen-bond donors (Lipinski definition) is 2. The van der Waals surface area contributed by atoms with E-state index < -0.39 is 0 Å². The summed E-state index contributed by atoms with van der Waals surface area (Å²) in [6.45, 7) is 2.36. The monoisotopic (exact) mass is 312 g/mol. The van der Waals surface area contributed by atoms with Crippen LogP contribution in [0.25, 0.3) is 0 Å². The molecule has 0 spiro atoms. The number of fused-ring (bicyclic) bond motifs is 1. The minimum Gasteiger partial charge on any atom is -0.497 e. The van der Waals surface area contributed by atoms with Gasteiger partial charge in [-0.05, 0) is 35.9 Å². The number of anilines is 1. The van der Waals surface area contributed by atoms with Gasteiger partial charge in [-0.2, -0.15) is 0 Å². The topological polar surface area (TPSA) is 59.6 Å². The number of ketones is 1. The molecule has 0 bridgehead atoms. The Hall–Kier alpha value is -2.53. The molecule has 3 rings (SSSR count). The Morgan fingerprint density at radius 1 is 1.26 bits per heavy atom. The van der Waals surface area contributed by atoms with Gasteiger partial charge >= 0.3 is 0 Å². The lowest BCUT2D eigenvalue weighted by Gasteiger charge is -2.19. The van der Waals surface area contributed by atoms with Gasteiger partial charge in [-0.1, -0.05) is 12.1 Å². The summed E-state index contributed by atoms with van der Waals surface area (Å²) in [6, 6.07) is 13.3. The first-order valence-electron chi connectivity index (χ1n) is 7.64. The van der Waals surface area contributed by atoms with Gasteiger partial charge in [0.1, 0.15) is 18.1 Å². The molecule has 0 saturated carbocycles. The van der Waals surface area contributed by atoms with Crippen molar-refractivity contribution in [1.29, 1.82) is 0 Å². The molecule has 1 aliphatic rings. The van der Waals surface area contributed by atoms with Crippen LogP contribution in [-0.4, -0.2) is 32.6 Å². The highest BCUT2D eigenvalue weighted by atomic mass is 16.5. The highest BCUT2D eigenvalue weighted by Crippen LogP contribution is 2.28. The number of hydrogen-bond acceptors (Lipinski definition) is 5. The van der Waals surface area contributed by atoms with Gasteiger partial charge in [-0.15, -0.1) is 0 Å². The molecule has 0 amide bonds. The Kier molecular flexibility index (Phi) is 4.78. The van der Waals surface area contributed by atoms with E-state index in [0.29, 0.717) is 25.3 Å². The van der Waals surface area contributed by atoms with Gasteiger partial charge in [-0.3, -0.25) is 4.79 Å². The number of carbonyl (C=O) groups excluding carboxylic acids is 1. The number of carbonyl (C=O) groups is 1. The van der Waals surface area contributed by atoms with Crippen molar-refractivity contribution in [3.63, 3.8) is 0 Å². The minimum absolute atomic E-state index is 0.0636. The summed E-state index contributed by atoms with van der Waals surface area (Å²) >= 11 is 0. The Bertz CT molecular complexity index is 683. The van der Waals surface area contributed by atoms with Crippen molar-refractivity contribution in [2.24, 2.45) is 0 Å². The summed E-state index contributed by atoms with van der Waals surface area (Å²) < 4.78 is 10.6. The van der Waals surface area contributed by atoms with Crippen molar-refractivity contribution < 1.29 is 14.3 Å². The van der Waals surface area contributed by atoms with E-state index in [9.17, 15) is 4.79 Å². The smallest absolute Gasteiger partial charge is 0.176 e. The van der Waals surface area contributed by atoms with E-state index in [1.165, 1.54) is 0 Å². The third kappa shape index (κ3) is 3.81. The van der Waals surface area contributed by atoms with E-state index in [1.807, 2.05) is 42.5 Å². The van der Waals surface area contributed by atoms with Crippen molar-refractivity contribution in [3.8, 4) is 11.5 Å². The number of ether oxygens (including phenoxy) is 2. The number of benzene rings is 2. The normalized spacial score (nSPS) is 12.7. The number of Topliss-reactive ketones (excluding diaryl/α,β-unsaturated/α-hetero) is 1. The molecule has 0 radical (unpaired) electrons. The Morgan fingerprint density at radius 2 is 2.09 bits per heavy atom. The molecule has 5 heteroatoms. The van der Waals surface area contributed by atoms with Crippen LogP contribution >= 0.6 is 0 Å². The van der Waals surface area contributed by atoms with Crippen LogP contribution in [0.2, 0.25) is 0 Å². The zero-order valence-electron chi connectivity index (χ0n) is 13.1. The molecular weight excluding hydrogens is 292 g/mol. The number of nitrogens with one attached hydrogen (secondary N) is 2. The maximum atomic E-state index is 12.3. The standard InChI is InChI=1S/C18H20N2O3/c1-22-15-5-2-13(3-6-15)11-19-12-17(21)14-4-7-18-16(10-14)20-8-9-23-18/h2-7,10,19-20H,8-9,11-12H2,1H3. The molecule has 0 aromatic heterocycles. The van der Waals surface area contributed by atoms with Gasteiger partial charge in [-0.25, -0.2) is 0 Å². The molecule has 0 atom stereocenters. The second kappa shape index (κ2) is 7.15. The molecule has 0 unspecified atom stereocenters. The average Bonchev–Trinajstić information content (AvgIpc) is 2.61. The van der Waals surface area contributed by atoms with Crippen LogP contribution in [0, 0.1) is 0 Å². The summed E-state index contributed by atoms with van der Waals surface area (Å²) in [5.74, 6) is 1.70. The lowest BCUT2D eigenvalue weighted by Crippen LogP contribution is -2.23. The van der Waals surface area contributed by atoms with Crippen LogP contribution in [0.15, 0.2) is 42.5 Å². The van der Waals surface area contributed by atoms with Crippen LogP contribution < -0.4 is 20.1 Å². The largest absolute Gasteiger partial charge is 0.497 e. The highest BCUT2D eigenvalue weighted by molar-refractivity contribution is 5.98. The van der Waals surface area contributed by atoms with Gasteiger partial charge in [0.2, 0.25) is 0 Å². The first kappa shape index (κ1) is 15.4. The van der Waals surface area contributed by atoms with Crippen LogP contribution in [0.5, 0.6) is 11.5 Å². The van der Waals surface area contributed by atoms with Gasteiger partial charge in [0.05, 0.1) is 19.3 Å². The summed E-state index contributed by atoms with van der Waals surface area (Å²) in [5, 5.41) is 6.42. The lowest BCUT2D eigenvalue weighted by atomic mass is 10.1. The summed E-state index contributed by atoms with van der Waals surface area (Å²) in [5.41, 5.74) is 2.68. The Balaban J connectivity index is 1.54. The third-order valence-corrected chi connectivity index (χ3v) is 3.75. The first-order valence-corrected chi connectivity index (χ1v) is 7.64. The van der Waals surface area contributed by atoms with Crippen LogP contribution in [-0.2, 0) is 6.54 Å². The molecule has 1 heterocycles. The molecule has 0 aliphatic carbocycles. The van der Waals surface area contributed by atoms with Gasteiger partial charge in [0.25, 0.3) is 0 Å².